The molecule has 12 heavy (non-hydrogen) atoms. The van der Waals surface area contributed by atoms with Gasteiger partial charge in [0.15, 0.2) is 0 Å². The lowest BCUT2D eigenvalue weighted by Gasteiger charge is -2.28. The van der Waals surface area contributed by atoms with Gasteiger partial charge in [0.25, 0.3) is 6.43 Å². The monoisotopic (exact) mass is 180 g/mol. The molecular weight excluding hydrogens is 162 g/mol. The molecule has 1 unspecified atom stereocenters. The predicted octanol–water partition coefficient (Wildman–Crippen LogP) is 1.31. The standard InChI is InChI=1S/C8H18F2N2/c1-4-8(2,11)6-12(3)5-7(9)10/h7H,4-6,11H2,1-3H3. The van der Waals surface area contributed by atoms with E-state index in [1.807, 2.05) is 13.8 Å². The molecule has 0 spiro atoms. The van der Waals surface area contributed by atoms with Gasteiger partial charge in [0.2, 0.25) is 0 Å². The van der Waals surface area contributed by atoms with E-state index >= 15 is 0 Å². The van der Waals surface area contributed by atoms with Crippen LogP contribution >= 0.6 is 0 Å². The molecule has 0 amide bonds. The quantitative estimate of drug-likeness (QED) is 0.691. The normalized spacial score (nSPS) is 17.0. The van der Waals surface area contributed by atoms with E-state index in [4.69, 9.17) is 5.73 Å². The minimum absolute atomic E-state index is 0.202. The molecule has 0 radical (unpaired) electrons. The first-order valence-corrected chi connectivity index (χ1v) is 4.13. The maximum atomic E-state index is 11.9. The first kappa shape index (κ1) is 11.8. The molecule has 0 heterocycles. The Morgan fingerprint density at radius 2 is 2.00 bits per heavy atom. The third-order valence-electron chi connectivity index (χ3n) is 1.89. The Labute approximate surface area is 72.7 Å². The molecule has 0 rings (SSSR count). The van der Waals surface area contributed by atoms with Gasteiger partial charge in [-0.1, -0.05) is 6.92 Å². The molecule has 0 aliphatic heterocycles. The predicted molar refractivity (Wildman–Crippen MR) is 46.4 cm³/mol. The van der Waals surface area contributed by atoms with E-state index in [2.05, 4.69) is 0 Å². The van der Waals surface area contributed by atoms with Crippen LogP contribution in [0.3, 0.4) is 0 Å². The lowest BCUT2D eigenvalue weighted by molar-refractivity contribution is 0.0907. The summed E-state index contributed by atoms with van der Waals surface area (Å²) in [6.07, 6.45) is -1.48. The summed E-state index contributed by atoms with van der Waals surface area (Å²) >= 11 is 0. The minimum atomic E-state index is -2.28. The van der Waals surface area contributed by atoms with E-state index in [0.29, 0.717) is 6.54 Å². The summed E-state index contributed by atoms with van der Waals surface area (Å²) in [5.74, 6) is 0. The maximum absolute atomic E-state index is 11.9. The van der Waals surface area contributed by atoms with E-state index in [0.717, 1.165) is 6.42 Å². The van der Waals surface area contributed by atoms with Crippen molar-refractivity contribution in [3.63, 3.8) is 0 Å². The maximum Gasteiger partial charge on any atom is 0.251 e. The van der Waals surface area contributed by atoms with Crippen molar-refractivity contribution in [3.8, 4) is 0 Å². The molecule has 0 fully saturated rings. The van der Waals surface area contributed by atoms with E-state index in [1.165, 1.54) is 0 Å². The molecule has 1 atom stereocenters. The second-order valence-electron chi connectivity index (χ2n) is 3.60. The average molecular weight is 180 g/mol. The van der Waals surface area contributed by atoms with Crippen molar-refractivity contribution in [1.29, 1.82) is 0 Å². The van der Waals surface area contributed by atoms with Crippen molar-refractivity contribution in [1.82, 2.24) is 4.90 Å². The first-order valence-electron chi connectivity index (χ1n) is 4.13. The van der Waals surface area contributed by atoms with Gasteiger partial charge >= 0.3 is 0 Å². The summed E-state index contributed by atoms with van der Waals surface area (Å²) < 4.78 is 23.8. The van der Waals surface area contributed by atoms with Gasteiger partial charge in [-0.15, -0.1) is 0 Å². The third kappa shape index (κ3) is 5.43. The Morgan fingerprint density at radius 3 is 2.33 bits per heavy atom. The highest BCUT2D eigenvalue weighted by atomic mass is 19.3. The van der Waals surface area contributed by atoms with E-state index in [9.17, 15) is 8.78 Å². The van der Waals surface area contributed by atoms with E-state index < -0.39 is 6.43 Å². The molecule has 0 aromatic rings. The zero-order valence-corrected chi connectivity index (χ0v) is 7.98. The first-order chi connectivity index (χ1) is 5.37. The van der Waals surface area contributed by atoms with Crippen LogP contribution in [0.1, 0.15) is 20.3 Å². The van der Waals surface area contributed by atoms with Crippen LogP contribution in [0.15, 0.2) is 0 Å². The molecule has 2 N–H and O–H groups in total. The smallest absolute Gasteiger partial charge is 0.251 e. The number of rotatable bonds is 5. The van der Waals surface area contributed by atoms with Crippen LogP contribution in [0.25, 0.3) is 0 Å². The van der Waals surface area contributed by atoms with Crippen molar-refractivity contribution in [2.24, 2.45) is 5.73 Å². The topological polar surface area (TPSA) is 29.3 Å². The molecular formula is C8H18F2N2. The fourth-order valence-electron chi connectivity index (χ4n) is 1.03. The minimum Gasteiger partial charge on any atom is -0.324 e. The zero-order valence-electron chi connectivity index (χ0n) is 7.98. The average Bonchev–Trinajstić information content (AvgIpc) is 1.84. The summed E-state index contributed by atoms with van der Waals surface area (Å²) in [5, 5.41) is 0. The van der Waals surface area contributed by atoms with Crippen LogP contribution in [-0.2, 0) is 0 Å². The number of likely N-dealkylation sites (N-methyl/N-ethyl adjacent to an activating group) is 1. The van der Waals surface area contributed by atoms with E-state index in [-0.39, 0.29) is 12.1 Å². The molecule has 0 aliphatic rings. The molecule has 0 aromatic heterocycles. The Morgan fingerprint density at radius 1 is 1.50 bits per heavy atom. The lowest BCUT2D eigenvalue weighted by atomic mass is 10.0. The van der Waals surface area contributed by atoms with Crippen LogP contribution in [0.4, 0.5) is 8.78 Å². The molecule has 74 valence electrons. The van der Waals surface area contributed by atoms with Crippen molar-refractivity contribution in [2.45, 2.75) is 32.2 Å². The number of nitrogens with two attached hydrogens (primary N) is 1. The van der Waals surface area contributed by atoms with E-state index in [1.54, 1.807) is 11.9 Å². The van der Waals surface area contributed by atoms with Crippen molar-refractivity contribution in [2.75, 3.05) is 20.1 Å². The second-order valence-corrected chi connectivity index (χ2v) is 3.60. The van der Waals surface area contributed by atoms with Crippen molar-refractivity contribution in [3.05, 3.63) is 0 Å². The number of hydrogen-bond donors (Lipinski definition) is 1. The van der Waals surface area contributed by atoms with Gasteiger partial charge in [-0.2, -0.15) is 0 Å². The highest BCUT2D eigenvalue weighted by Crippen LogP contribution is 2.07. The Hall–Kier alpha value is -0.220. The molecule has 0 aromatic carbocycles. The number of hydrogen-bond acceptors (Lipinski definition) is 2. The summed E-state index contributed by atoms with van der Waals surface area (Å²) in [6.45, 7) is 4.13. The van der Waals surface area contributed by atoms with Gasteiger partial charge in [0, 0.05) is 12.1 Å². The van der Waals surface area contributed by atoms with Gasteiger partial charge in [-0.3, -0.25) is 4.90 Å². The molecule has 0 saturated carbocycles. The number of nitrogens with zero attached hydrogens (tertiary/aromatic N) is 1. The fourth-order valence-corrected chi connectivity index (χ4v) is 1.03. The van der Waals surface area contributed by atoms with Crippen LogP contribution in [0.5, 0.6) is 0 Å². The molecule has 2 nitrogen and oxygen atoms in total. The summed E-state index contributed by atoms with van der Waals surface area (Å²) in [7, 11) is 1.66. The SMILES string of the molecule is CCC(C)(N)CN(C)CC(F)F. The largest absolute Gasteiger partial charge is 0.324 e. The van der Waals surface area contributed by atoms with Gasteiger partial charge in [0.1, 0.15) is 0 Å². The number of alkyl halides is 2. The highest BCUT2D eigenvalue weighted by Gasteiger charge is 2.19. The number of halogens is 2. The summed E-state index contributed by atoms with van der Waals surface area (Å²) in [5.41, 5.74) is 5.45. The Bertz CT molecular complexity index is 126. The van der Waals surface area contributed by atoms with Crippen LogP contribution in [0.2, 0.25) is 0 Å². The lowest BCUT2D eigenvalue weighted by Crippen LogP contribution is -2.47. The summed E-state index contributed by atoms with van der Waals surface area (Å²) in [4.78, 5) is 1.56. The summed E-state index contributed by atoms with van der Waals surface area (Å²) in [6, 6.07) is 0. The van der Waals surface area contributed by atoms with Crippen LogP contribution in [-0.4, -0.2) is 37.0 Å². The third-order valence-corrected chi connectivity index (χ3v) is 1.89. The Kier molecular flexibility index (Phi) is 4.63. The van der Waals surface area contributed by atoms with Gasteiger partial charge in [-0.05, 0) is 20.4 Å². The van der Waals surface area contributed by atoms with Crippen molar-refractivity contribution < 1.29 is 8.78 Å². The molecule has 0 bridgehead atoms. The molecule has 0 saturated heterocycles. The Balaban J connectivity index is 3.75. The van der Waals surface area contributed by atoms with Gasteiger partial charge in [-0.25, -0.2) is 8.78 Å². The van der Waals surface area contributed by atoms with Gasteiger partial charge in [0.05, 0.1) is 6.54 Å². The molecule has 0 aliphatic carbocycles. The van der Waals surface area contributed by atoms with Crippen LogP contribution < -0.4 is 5.73 Å². The molecule has 4 heteroatoms. The van der Waals surface area contributed by atoms with Gasteiger partial charge < -0.3 is 5.73 Å². The second kappa shape index (κ2) is 4.72. The fraction of sp³-hybridized carbons (Fsp3) is 1.00. The van der Waals surface area contributed by atoms with Crippen LogP contribution in [0, 0.1) is 0 Å². The zero-order chi connectivity index (χ0) is 9.78. The highest BCUT2D eigenvalue weighted by molar-refractivity contribution is 4.79. The van der Waals surface area contributed by atoms with Crippen molar-refractivity contribution >= 4 is 0 Å².